The summed E-state index contributed by atoms with van der Waals surface area (Å²) in [5.74, 6) is -0.424. The number of hydrogen-bond acceptors (Lipinski definition) is 4. The fraction of sp³-hybridized carbons (Fsp3) is 0.333. The van der Waals surface area contributed by atoms with Crippen molar-refractivity contribution in [3.8, 4) is 0 Å². The van der Waals surface area contributed by atoms with E-state index >= 15 is 0 Å². The molecule has 140 valence electrons. The Kier molecular flexibility index (Phi) is 6.61. The Morgan fingerprint density at radius 1 is 1.31 bits per heavy atom. The van der Waals surface area contributed by atoms with Crippen LogP contribution in [0.1, 0.15) is 22.5 Å². The van der Waals surface area contributed by atoms with Crippen LogP contribution < -0.4 is 5.32 Å². The zero-order valence-electron chi connectivity index (χ0n) is 15.0. The van der Waals surface area contributed by atoms with Gasteiger partial charge in [-0.2, -0.15) is 5.10 Å². The Bertz CT molecular complexity index is 933. The molecule has 0 spiro atoms. The van der Waals surface area contributed by atoms with Gasteiger partial charge in [-0.05, 0) is 31.6 Å². The molecule has 1 N–H and O–H groups in total. The maximum Gasteiger partial charge on any atom is 0.244 e. The van der Waals surface area contributed by atoms with Crippen molar-refractivity contribution in [3.63, 3.8) is 0 Å². The number of nitrogens with one attached hydrogen (secondary N) is 1. The monoisotopic (exact) mass is 395 g/mol. The van der Waals surface area contributed by atoms with E-state index < -0.39 is 9.84 Å². The Hall–Kier alpha value is -2.12. The molecule has 0 aliphatic heterocycles. The Labute approximate surface area is 158 Å². The lowest BCUT2D eigenvalue weighted by atomic mass is 10.1. The minimum atomic E-state index is -3.09. The van der Waals surface area contributed by atoms with Crippen LogP contribution in [0, 0.1) is 13.8 Å². The average molecular weight is 396 g/mol. The summed E-state index contributed by atoms with van der Waals surface area (Å²) in [6, 6.07) is 7.59. The van der Waals surface area contributed by atoms with Crippen molar-refractivity contribution in [2.45, 2.75) is 20.4 Å². The lowest BCUT2D eigenvalue weighted by molar-refractivity contribution is -0.116. The summed E-state index contributed by atoms with van der Waals surface area (Å²) in [5.41, 5.74) is 3.54. The second-order valence-electron chi connectivity index (χ2n) is 6.09. The van der Waals surface area contributed by atoms with Crippen molar-refractivity contribution in [2.24, 2.45) is 0 Å². The van der Waals surface area contributed by atoms with Crippen LogP contribution in [0.3, 0.4) is 0 Å². The van der Waals surface area contributed by atoms with Crippen molar-refractivity contribution in [1.82, 2.24) is 15.1 Å². The molecule has 2 aromatic rings. The summed E-state index contributed by atoms with van der Waals surface area (Å²) in [6.07, 6.45) is 4.21. The number of hydrogen-bond donors (Lipinski definition) is 1. The molecule has 1 heterocycles. The maximum absolute atomic E-state index is 11.8. The maximum atomic E-state index is 11.8. The molecule has 26 heavy (non-hydrogen) atoms. The van der Waals surface area contributed by atoms with Crippen molar-refractivity contribution in [3.05, 3.63) is 57.9 Å². The largest absolute Gasteiger partial charge is 0.352 e. The van der Waals surface area contributed by atoms with Crippen molar-refractivity contribution >= 4 is 33.4 Å². The fourth-order valence-corrected chi connectivity index (χ4v) is 3.14. The second-order valence-corrected chi connectivity index (χ2v) is 8.75. The topological polar surface area (TPSA) is 81.1 Å². The smallest absolute Gasteiger partial charge is 0.244 e. The molecule has 0 aliphatic rings. The van der Waals surface area contributed by atoms with E-state index in [1.165, 1.54) is 6.08 Å². The lowest BCUT2D eigenvalue weighted by Crippen LogP contribution is -2.27. The van der Waals surface area contributed by atoms with Gasteiger partial charge in [-0.3, -0.25) is 9.48 Å². The number of sulfone groups is 1. The Morgan fingerprint density at radius 3 is 2.65 bits per heavy atom. The number of aryl methyl sites for hydroxylation is 1. The highest BCUT2D eigenvalue weighted by Crippen LogP contribution is 2.20. The molecule has 6 nitrogen and oxygen atoms in total. The molecule has 8 heteroatoms. The second kappa shape index (κ2) is 8.51. The summed E-state index contributed by atoms with van der Waals surface area (Å²) < 4.78 is 24.0. The SMILES string of the molecule is Cc1nn(Cc2ccccc2Cl)c(C)c1/C=C/C(=O)NCCS(C)(=O)=O. The zero-order valence-corrected chi connectivity index (χ0v) is 16.6. The van der Waals surface area contributed by atoms with E-state index in [2.05, 4.69) is 10.4 Å². The summed E-state index contributed by atoms with van der Waals surface area (Å²) >= 11 is 6.21. The van der Waals surface area contributed by atoms with Crippen molar-refractivity contribution in [1.29, 1.82) is 0 Å². The van der Waals surface area contributed by atoms with Gasteiger partial charge in [0.2, 0.25) is 5.91 Å². The number of halogens is 1. The van der Waals surface area contributed by atoms with Crippen molar-refractivity contribution in [2.75, 3.05) is 18.6 Å². The van der Waals surface area contributed by atoms with E-state index in [9.17, 15) is 13.2 Å². The molecule has 0 saturated heterocycles. The van der Waals surface area contributed by atoms with Crippen LogP contribution in [-0.4, -0.2) is 42.7 Å². The van der Waals surface area contributed by atoms with Crippen LogP contribution in [0.4, 0.5) is 0 Å². The van der Waals surface area contributed by atoms with Gasteiger partial charge in [0.15, 0.2) is 0 Å². The third-order valence-corrected chi connectivity index (χ3v) is 5.20. The van der Waals surface area contributed by atoms with Crippen LogP contribution in [0.5, 0.6) is 0 Å². The predicted molar refractivity (Wildman–Crippen MR) is 104 cm³/mol. The third-order valence-electron chi connectivity index (χ3n) is 3.89. The molecule has 0 unspecified atom stereocenters. The van der Waals surface area contributed by atoms with Gasteiger partial charge in [0.1, 0.15) is 9.84 Å². The highest BCUT2D eigenvalue weighted by atomic mass is 35.5. The number of amides is 1. The Balaban J connectivity index is 2.07. The molecule has 2 rings (SSSR count). The van der Waals surface area contributed by atoms with E-state index in [-0.39, 0.29) is 18.2 Å². The summed E-state index contributed by atoms with van der Waals surface area (Å²) in [5, 5.41) is 7.75. The van der Waals surface area contributed by atoms with Crippen LogP contribution in [0.2, 0.25) is 5.02 Å². The lowest BCUT2D eigenvalue weighted by Gasteiger charge is -2.06. The number of rotatable bonds is 7. The van der Waals surface area contributed by atoms with Crippen LogP contribution in [-0.2, 0) is 21.2 Å². The molecule has 0 saturated carbocycles. The molecule has 1 aromatic carbocycles. The summed E-state index contributed by atoms with van der Waals surface area (Å²) in [6.45, 7) is 4.43. The van der Waals surface area contributed by atoms with Crippen LogP contribution in [0.15, 0.2) is 30.3 Å². The number of nitrogens with zero attached hydrogens (tertiary/aromatic N) is 2. The molecule has 0 fully saturated rings. The van der Waals surface area contributed by atoms with Crippen LogP contribution >= 0.6 is 11.6 Å². The molecule has 0 atom stereocenters. The first-order chi connectivity index (χ1) is 12.2. The Morgan fingerprint density at radius 2 is 2.00 bits per heavy atom. The summed E-state index contributed by atoms with van der Waals surface area (Å²) in [4.78, 5) is 11.8. The molecule has 1 aromatic heterocycles. The van der Waals surface area contributed by atoms with Gasteiger partial charge in [0, 0.05) is 35.2 Å². The highest BCUT2D eigenvalue weighted by Gasteiger charge is 2.11. The zero-order chi connectivity index (χ0) is 19.3. The molecule has 1 amide bonds. The van der Waals surface area contributed by atoms with E-state index in [0.717, 1.165) is 28.8 Å². The average Bonchev–Trinajstić information content (AvgIpc) is 2.80. The molecule has 0 bridgehead atoms. The number of carbonyl (C=O) groups excluding carboxylic acids is 1. The number of benzene rings is 1. The minimum Gasteiger partial charge on any atom is -0.352 e. The molecule has 0 aliphatic carbocycles. The third kappa shape index (κ3) is 5.71. The van der Waals surface area contributed by atoms with Gasteiger partial charge in [-0.25, -0.2) is 8.42 Å². The summed E-state index contributed by atoms with van der Waals surface area (Å²) in [7, 11) is -3.09. The predicted octanol–water partition coefficient (Wildman–Crippen LogP) is 2.38. The standard InChI is InChI=1S/C18H22ClN3O3S/c1-13-16(8-9-18(23)20-10-11-26(3,24)25)14(2)22(21-13)12-15-6-4-5-7-17(15)19/h4-9H,10-12H2,1-3H3,(H,20,23)/b9-8+. The van der Waals surface area contributed by atoms with E-state index in [4.69, 9.17) is 11.6 Å². The number of aromatic nitrogens is 2. The van der Waals surface area contributed by atoms with Gasteiger partial charge in [-0.1, -0.05) is 29.8 Å². The first-order valence-corrected chi connectivity index (χ1v) is 10.5. The van der Waals surface area contributed by atoms with Gasteiger partial charge in [0.25, 0.3) is 0 Å². The quantitative estimate of drug-likeness (QED) is 0.730. The van der Waals surface area contributed by atoms with E-state index in [1.807, 2.05) is 42.8 Å². The normalized spacial score (nSPS) is 11.8. The van der Waals surface area contributed by atoms with Gasteiger partial charge < -0.3 is 5.32 Å². The molecular formula is C18H22ClN3O3S. The minimum absolute atomic E-state index is 0.0829. The van der Waals surface area contributed by atoms with Gasteiger partial charge in [0.05, 0.1) is 18.0 Å². The first kappa shape index (κ1) is 20.2. The van der Waals surface area contributed by atoms with E-state index in [0.29, 0.717) is 11.6 Å². The highest BCUT2D eigenvalue weighted by molar-refractivity contribution is 7.90. The number of carbonyl (C=O) groups is 1. The van der Waals surface area contributed by atoms with Crippen LogP contribution in [0.25, 0.3) is 6.08 Å². The first-order valence-electron chi connectivity index (χ1n) is 8.08. The van der Waals surface area contributed by atoms with Crippen molar-refractivity contribution < 1.29 is 13.2 Å². The molecular weight excluding hydrogens is 374 g/mol. The van der Waals surface area contributed by atoms with E-state index in [1.54, 1.807) is 6.08 Å². The van der Waals surface area contributed by atoms with Gasteiger partial charge >= 0.3 is 0 Å². The van der Waals surface area contributed by atoms with Gasteiger partial charge in [-0.15, -0.1) is 0 Å². The molecule has 0 radical (unpaired) electrons. The fourth-order valence-electron chi connectivity index (χ4n) is 2.47.